The Balaban J connectivity index is 2.28. The number of fused-ring (bicyclic) bond motifs is 4. The number of para-hydroxylation sites is 1. The van der Waals surface area contributed by atoms with Crippen molar-refractivity contribution in [1.29, 1.82) is 0 Å². The van der Waals surface area contributed by atoms with E-state index in [0.717, 1.165) is 32.7 Å². The second kappa shape index (κ2) is 3.08. The van der Waals surface area contributed by atoms with Gasteiger partial charge in [-0.25, -0.2) is 0 Å². The van der Waals surface area contributed by atoms with Crippen molar-refractivity contribution in [3.8, 4) is 0 Å². The molecule has 4 rings (SSSR count). The molecular formula is C15H9NO. The predicted octanol–water partition coefficient (Wildman–Crippen LogP) is 4.13. The highest BCUT2D eigenvalue weighted by atomic mass is 16.3. The first-order valence-corrected chi connectivity index (χ1v) is 5.57. The maximum atomic E-state index is 5.84. The Labute approximate surface area is 97.5 Å². The van der Waals surface area contributed by atoms with Crippen LogP contribution in [0, 0.1) is 0 Å². The van der Waals surface area contributed by atoms with E-state index in [2.05, 4.69) is 23.2 Å². The molecule has 2 aromatic carbocycles. The molecule has 0 radical (unpaired) electrons. The molecule has 0 fully saturated rings. The third-order valence-corrected chi connectivity index (χ3v) is 3.14. The fourth-order valence-electron chi connectivity index (χ4n) is 2.31. The fraction of sp³-hybridized carbons (Fsp3) is 0. The van der Waals surface area contributed by atoms with Gasteiger partial charge in [-0.2, -0.15) is 0 Å². The lowest BCUT2D eigenvalue weighted by molar-refractivity contribution is 0.669. The Hall–Kier alpha value is -2.35. The second-order valence-electron chi connectivity index (χ2n) is 4.17. The average molecular weight is 219 g/mol. The van der Waals surface area contributed by atoms with Crippen LogP contribution in [0.3, 0.4) is 0 Å². The first kappa shape index (κ1) is 8.76. The number of rotatable bonds is 0. The highest BCUT2D eigenvalue weighted by Gasteiger charge is 2.07. The van der Waals surface area contributed by atoms with Crippen LogP contribution in [0.25, 0.3) is 32.7 Å². The van der Waals surface area contributed by atoms with Crippen LogP contribution >= 0.6 is 0 Å². The number of hydrogen-bond acceptors (Lipinski definition) is 2. The summed E-state index contributed by atoms with van der Waals surface area (Å²) in [6, 6.07) is 14.3. The van der Waals surface area contributed by atoms with E-state index in [1.165, 1.54) is 0 Å². The van der Waals surface area contributed by atoms with E-state index in [1.54, 1.807) is 6.20 Å². The molecule has 0 saturated carbocycles. The summed E-state index contributed by atoms with van der Waals surface area (Å²) in [7, 11) is 0. The number of pyridine rings is 1. The monoisotopic (exact) mass is 219 g/mol. The van der Waals surface area contributed by atoms with E-state index in [9.17, 15) is 0 Å². The maximum absolute atomic E-state index is 5.84. The minimum Gasteiger partial charge on any atom is -0.456 e. The van der Waals surface area contributed by atoms with Gasteiger partial charge in [0.15, 0.2) is 0 Å². The molecule has 2 nitrogen and oxygen atoms in total. The number of benzene rings is 2. The molecule has 0 N–H and O–H groups in total. The van der Waals surface area contributed by atoms with E-state index in [1.807, 2.05) is 30.5 Å². The third-order valence-electron chi connectivity index (χ3n) is 3.14. The smallest absolute Gasteiger partial charge is 0.136 e. The van der Waals surface area contributed by atoms with Gasteiger partial charge in [0.1, 0.15) is 11.2 Å². The van der Waals surface area contributed by atoms with Crippen molar-refractivity contribution >= 4 is 32.7 Å². The van der Waals surface area contributed by atoms with Crippen molar-refractivity contribution < 1.29 is 4.42 Å². The minimum absolute atomic E-state index is 0.935. The first-order valence-electron chi connectivity index (χ1n) is 5.57. The summed E-state index contributed by atoms with van der Waals surface area (Å²) in [6.07, 6.45) is 3.69. The van der Waals surface area contributed by atoms with Crippen LogP contribution < -0.4 is 0 Å². The van der Waals surface area contributed by atoms with E-state index in [-0.39, 0.29) is 0 Å². The molecule has 0 aliphatic carbocycles. The van der Waals surface area contributed by atoms with Crippen molar-refractivity contribution in [3.63, 3.8) is 0 Å². The van der Waals surface area contributed by atoms with E-state index in [0.29, 0.717) is 0 Å². The summed E-state index contributed by atoms with van der Waals surface area (Å²) < 4.78 is 5.84. The van der Waals surface area contributed by atoms with Gasteiger partial charge in [0.2, 0.25) is 0 Å². The highest BCUT2D eigenvalue weighted by Crippen LogP contribution is 2.31. The van der Waals surface area contributed by atoms with Crippen molar-refractivity contribution in [2.24, 2.45) is 0 Å². The van der Waals surface area contributed by atoms with Crippen molar-refractivity contribution in [2.45, 2.75) is 0 Å². The molecule has 0 bridgehead atoms. The molecule has 0 aliphatic heterocycles. The topological polar surface area (TPSA) is 26.0 Å². The molecule has 0 amide bonds. The molecule has 2 heteroatoms. The van der Waals surface area contributed by atoms with Gasteiger partial charge in [0, 0.05) is 28.6 Å². The molecule has 2 aromatic heterocycles. The normalized spacial score (nSPS) is 11.5. The first-order chi connectivity index (χ1) is 8.42. The van der Waals surface area contributed by atoms with Gasteiger partial charge in [-0.1, -0.05) is 18.2 Å². The molecule has 17 heavy (non-hydrogen) atoms. The lowest BCUT2D eigenvalue weighted by Gasteiger charge is -1.96. The molecule has 2 heterocycles. The Bertz CT molecular complexity index is 839. The summed E-state index contributed by atoms with van der Waals surface area (Å²) >= 11 is 0. The fourth-order valence-corrected chi connectivity index (χ4v) is 2.31. The predicted molar refractivity (Wildman–Crippen MR) is 69.0 cm³/mol. The van der Waals surface area contributed by atoms with Gasteiger partial charge < -0.3 is 4.42 Å². The van der Waals surface area contributed by atoms with Crippen LogP contribution in [-0.2, 0) is 0 Å². The summed E-state index contributed by atoms with van der Waals surface area (Å²) in [4.78, 5) is 4.15. The third kappa shape index (κ3) is 1.18. The summed E-state index contributed by atoms with van der Waals surface area (Å²) in [5.74, 6) is 0. The Morgan fingerprint density at radius 2 is 1.76 bits per heavy atom. The van der Waals surface area contributed by atoms with Crippen LogP contribution in [0.1, 0.15) is 0 Å². The lowest BCUT2D eigenvalue weighted by atomic mass is 10.1. The zero-order valence-electron chi connectivity index (χ0n) is 9.05. The van der Waals surface area contributed by atoms with E-state index < -0.39 is 0 Å². The Morgan fingerprint density at radius 3 is 2.76 bits per heavy atom. The molecule has 4 aromatic rings. The SMILES string of the molecule is c1ccc2c(c1)oc1cc3ccncc3cc12. The number of aromatic nitrogens is 1. The largest absolute Gasteiger partial charge is 0.456 e. The van der Waals surface area contributed by atoms with Crippen LogP contribution in [0.2, 0.25) is 0 Å². The van der Waals surface area contributed by atoms with Gasteiger partial charge in [-0.3, -0.25) is 4.98 Å². The molecule has 80 valence electrons. The quantitative estimate of drug-likeness (QED) is 0.444. The van der Waals surface area contributed by atoms with Crippen LogP contribution in [0.4, 0.5) is 0 Å². The highest BCUT2D eigenvalue weighted by molar-refractivity contribution is 6.09. The number of furan rings is 1. The van der Waals surface area contributed by atoms with Crippen molar-refractivity contribution in [2.75, 3.05) is 0 Å². The van der Waals surface area contributed by atoms with Gasteiger partial charge in [0.25, 0.3) is 0 Å². The zero-order chi connectivity index (χ0) is 11.2. The van der Waals surface area contributed by atoms with E-state index in [4.69, 9.17) is 4.42 Å². The Kier molecular flexibility index (Phi) is 1.59. The van der Waals surface area contributed by atoms with Crippen molar-refractivity contribution in [3.05, 3.63) is 54.9 Å². The summed E-state index contributed by atoms with van der Waals surface area (Å²) in [6.45, 7) is 0. The summed E-state index contributed by atoms with van der Waals surface area (Å²) in [5.41, 5.74) is 1.87. The maximum Gasteiger partial charge on any atom is 0.136 e. The number of hydrogen-bond donors (Lipinski definition) is 0. The standard InChI is InChI=1S/C15H9NO/c1-2-4-14-12(3-1)13-7-11-9-16-6-5-10(11)8-15(13)17-14/h1-9H. The molecule has 0 spiro atoms. The summed E-state index contributed by atoms with van der Waals surface area (Å²) in [5, 5.41) is 4.62. The molecule has 0 saturated heterocycles. The molecule has 0 unspecified atom stereocenters. The minimum atomic E-state index is 0.935. The van der Waals surface area contributed by atoms with E-state index >= 15 is 0 Å². The molecule has 0 aliphatic rings. The van der Waals surface area contributed by atoms with Crippen LogP contribution in [0.5, 0.6) is 0 Å². The van der Waals surface area contributed by atoms with Crippen molar-refractivity contribution in [1.82, 2.24) is 4.98 Å². The van der Waals surface area contributed by atoms with Crippen LogP contribution in [-0.4, -0.2) is 4.98 Å². The zero-order valence-corrected chi connectivity index (χ0v) is 9.05. The average Bonchev–Trinajstić information content (AvgIpc) is 2.73. The molecular weight excluding hydrogens is 210 g/mol. The van der Waals surface area contributed by atoms with Gasteiger partial charge in [-0.15, -0.1) is 0 Å². The van der Waals surface area contributed by atoms with Gasteiger partial charge >= 0.3 is 0 Å². The Morgan fingerprint density at radius 1 is 0.824 bits per heavy atom. The van der Waals surface area contributed by atoms with Gasteiger partial charge in [0.05, 0.1) is 0 Å². The van der Waals surface area contributed by atoms with Gasteiger partial charge in [-0.05, 0) is 29.7 Å². The lowest BCUT2D eigenvalue weighted by Crippen LogP contribution is -1.74. The van der Waals surface area contributed by atoms with Crippen LogP contribution in [0.15, 0.2) is 59.3 Å². The molecule has 0 atom stereocenters. The number of nitrogens with zero attached hydrogens (tertiary/aromatic N) is 1. The second-order valence-corrected chi connectivity index (χ2v) is 4.17.